The minimum atomic E-state index is -0.210. The first-order chi connectivity index (χ1) is 12.7. The number of morpholine rings is 1. The Morgan fingerprint density at radius 1 is 1.23 bits per heavy atom. The molecule has 0 radical (unpaired) electrons. The van der Waals surface area contributed by atoms with Crippen LogP contribution >= 0.6 is 12.2 Å². The largest absolute Gasteiger partial charge is 0.497 e. The van der Waals surface area contributed by atoms with Gasteiger partial charge in [0.25, 0.3) is 5.91 Å². The lowest BCUT2D eigenvalue weighted by atomic mass is 10.3. The molecule has 1 saturated heterocycles. The van der Waals surface area contributed by atoms with Crippen molar-refractivity contribution in [3.05, 3.63) is 24.3 Å². The van der Waals surface area contributed by atoms with Gasteiger partial charge in [-0.15, -0.1) is 0 Å². The third-order valence-corrected chi connectivity index (χ3v) is 4.15. The van der Waals surface area contributed by atoms with Gasteiger partial charge >= 0.3 is 0 Å². The molecule has 0 unspecified atom stereocenters. The zero-order valence-electron chi connectivity index (χ0n) is 15.0. The Morgan fingerprint density at radius 3 is 2.65 bits per heavy atom. The fourth-order valence-electron chi connectivity index (χ4n) is 2.44. The van der Waals surface area contributed by atoms with E-state index in [0.29, 0.717) is 5.11 Å². The number of benzene rings is 1. The van der Waals surface area contributed by atoms with Gasteiger partial charge in [0, 0.05) is 25.3 Å². The summed E-state index contributed by atoms with van der Waals surface area (Å²) in [5.74, 6) is 0.560. The van der Waals surface area contributed by atoms with Crippen LogP contribution in [0.1, 0.15) is 6.42 Å². The number of nitrogens with zero attached hydrogens (tertiary/aromatic N) is 1. The van der Waals surface area contributed by atoms with Crippen LogP contribution in [-0.2, 0) is 9.53 Å². The second-order valence-corrected chi connectivity index (χ2v) is 6.23. The van der Waals surface area contributed by atoms with Crippen LogP contribution in [0.4, 0.5) is 5.69 Å². The number of anilines is 1. The summed E-state index contributed by atoms with van der Waals surface area (Å²) in [7, 11) is 1.61. The molecule has 1 heterocycles. The highest BCUT2D eigenvalue weighted by atomic mass is 32.1. The van der Waals surface area contributed by atoms with Crippen LogP contribution in [0, 0.1) is 0 Å². The van der Waals surface area contributed by atoms with Crippen molar-refractivity contribution in [3.63, 3.8) is 0 Å². The van der Waals surface area contributed by atoms with E-state index in [1.54, 1.807) is 7.11 Å². The molecule has 4 N–H and O–H groups in total. The van der Waals surface area contributed by atoms with Gasteiger partial charge in [-0.25, -0.2) is 0 Å². The summed E-state index contributed by atoms with van der Waals surface area (Å²) in [4.78, 5) is 14.2. The fourth-order valence-corrected chi connectivity index (χ4v) is 2.59. The highest BCUT2D eigenvalue weighted by Crippen LogP contribution is 2.14. The van der Waals surface area contributed by atoms with E-state index >= 15 is 0 Å². The highest BCUT2D eigenvalue weighted by molar-refractivity contribution is 7.80. The van der Waals surface area contributed by atoms with E-state index in [0.717, 1.165) is 57.3 Å². The van der Waals surface area contributed by atoms with Crippen molar-refractivity contribution in [2.75, 3.05) is 58.4 Å². The summed E-state index contributed by atoms with van der Waals surface area (Å²) in [5.41, 5.74) is 6.10. The van der Waals surface area contributed by atoms with Crippen LogP contribution in [-0.4, -0.2) is 69.0 Å². The maximum Gasteiger partial charge on any atom is 0.257 e. The average molecular weight is 382 g/mol. The number of hydrazine groups is 1. The average Bonchev–Trinajstić information content (AvgIpc) is 2.69. The molecule has 144 valence electrons. The van der Waals surface area contributed by atoms with E-state index in [-0.39, 0.29) is 12.5 Å². The minimum Gasteiger partial charge on any atom is -0.497 e. The Balaban J connectivity index is 1.51. The zero-order chi connectivity index (χ0) is 18.6. The molecule has 1 aliphatic heterocycles. The molecule has 0 saturated carbocycles. The molecular weight excluding hydrogens is 354 g/mol. The summed E-state index contributed by atoms with van der Waals surface area (Å²) in [6.45, 7) is 5.49. The number of methoxy groups -OCH3 is 1. The lowest BCUT2D eigenvalue weighted by Gasteiger charge is -2.26. The monoisotopic (exact) mass is 381 g/mol. The molecule has 0 atom stereocenters. The first-order valence-electron chi connectivity index (χ1n) is 8.68. The Labute approximate surface area is 159 Å². The number of rotatable bonds is 8. The first-order valence-corrected chi connectivity index (χ1v) is 9.09. The van der Waals surface area contributed by atoms with E-state index in [1.807, 2.05) is 24.3 Å². The summed E-state index contributed by atoms with van der Waals surface area (Å²) in [5, 5.41) is 6.51. The van der Waals surface area contributed by atoms with Gasteiger partial charge in [0.2, 0.25) is 0 Å². The lowest BCUT2D eigenvalue weighted by Crippen LogP contribution is -2.48. The van der Waals surface area contributed by atoms with E-state index in [2.05, 4.69) is 26.4 Å². The van der Waals surface area contributed by atoms with Crippen molar-refractivity contribution in [1.29, 1.82) is 0 Å². The molecule has 0 aromatic heterocycles. The Morgan fingerprint density at radius 2 is 1.96 bits per heavy atom. The molecule has 1 fully saturated rings. The lowest BCUT2D eigenvalue weighted by molar-refractivity contribution is -0.119. The van der Waals surface area contributed by atoms with Crippen molar-refractivity contribution in [3.8, 4) is 5.75 Å². The van der Waals surface area contributed by atoms with Crippen LogP contribution in [0.15, 0.2) is 24.3 Å². The van der Waals surface area contributed by atoms with E-state index in [9.17, 15) is 4.79 Å². The summed E-state index contributed by atoms with van der Waals surface area (Å²) >= 11 is 5.14. The summed E-state index contributed by atoms with van der Waals surface area (Å²) < 4.78 is 10.4. The molecule has 0 spiro atoms. The Hall–Kier alpha value is -2.10. The molecule has 8 nitrogen and oxygen atoms in total. The molecule has 0 bridgehead atoms. The first kappa shape index (κ1) is 20.2. The van der Waals surface area contributed by atoms with E-state index in [1.165, 1.54) is 0 Å². The molecule has 1 aromatic rings. The molecular formula is C17H27N5O3S. The van der Waals surface area contributed by atoms with Gasteiger partial charge in [-0.2, -0.15) is 0 Å². The number of carbonyl (C=O) groups is 1. The van der Waals surface area contributed by atoms with Crippen molar-refractivity contribution in [2.45, 2.75) is 6.42 Å². The zero-order valence-corrected chi connectivity index (χ0v) is 15.9. The van der Waals surface area contributed by atoms with Gasteiger partial charge in [-0.1, -0.05) is 0 Å². The van der Waals surface area contributed by atoms with Crippen molar-refractivity contribution in [2.24, 2.45) is 0 Å². The number of hydrogen-bond acceptors (Lipinski definition) is 6. The Bertz CT molecular complexity index is 564. The van der Waals surface area contributed by atoms with Crippen LogP contribution in [0.5, 0.6) is 5.75 Å². The van der Waals surface area contributed by atoms with Crippen LogP contribution in [0.2, 0.25) is 0 Å². The molecule has 2 rings (SSSR count). The fraction of sp³-hybridized carbons (Fsp3) is 0.529. The molecule has 9 heteroatoms. The predicted octanol–water partition coefficient (Wildman–Crippen LogP) is 0.325. The SMILES string of the molecule is COc1ccc(NCC(=O)NNC(=S)NCCCN2CCOCC2)cc1. The predicted molar refractivity (Wildman–Crippen MR) is 105 cm³/mol. The number of amides is 1. The normalized spacial score (nSPS) is 14.3. The number of thiocarbonyl (C=S) groups is 1. The highest BCUT2D eigenvalue weighted by Gasteiger charge is 2.09. The van der Waals surface area contributed by atoms with Crippen LogP contribution < -0.4 is 26.2 Å². The van der Waals surface area contributed by atoms with Crippen molar-refractivity contribution >= 4 is 28.9 Å². The van der Waals surface area contributed by atoms with Gasteiger partial charge in [-0.3, -0.25) is 20.5 Å². The van der Waals surface area contributed by atoms with Crippen molar-refractivity contribution in [1.82, 2.24) is 21.1 Å². The quantitative estimate of drug-likeness (QED) is 0.291. The smallest absolute Gasteiger partial charge is 0.257 e. The van der Waals surface area contributed by atoms with Crippen molar-refractivity contribution < 1.29 is 14.3 Å². The summed E-state index contributed by atoms with van der Waals surface area (Å²) in [6.07, 6.45) is 0.981. The van der Waals surface area contributed by atoms with Gasteiger partial charge in [0.05, 0.1) is 26.9 Å². The molecule has 0 aliphatic carbocycles. The van der Waals surface area contributed by atoms with Gasteiger partial charge in [0.1, 0.15) is 5.75 Å². The van der Waals surface area contributed by atoms with Gasteiger partial charge < -0.3 is 20.1 Å². The number of hydrogen-bond donors (Lipinski definition) is 4. The molecule has 1 aromatic carbocycles. The third kappa shape index (κ3) is 7.85. The maximum absolute atomic E-state index is 11.8. The minimum absolute atomic E-state index is 0.138. The van der Waals surface area contributed by atoms with Gasteiger partial charge in [0.15, 0.2) is 5.11 Å². The maximum atomic E-state index is 11.8. The molecule has 26 heavy (non-hydrogen) atoms. The standard InChI is InChI=1S/C17H27N5O3S/c1-24-15-5-3-14(4-6-15)19-13-16(23)20-21-17(26)18-7-2-8-22-9-11-25-12-10-22/h3-6,19H,2,7-13H2,1H3,(H,20,23)(H2,18,21,26). The topological polar surface area (TPSA) is 86.9 Å². The van der Waals surface area contributed by atoms with E-state index in [4.69, 9.17) is 21.7 Å². The Kier molecular flexibility index (Phi) is 8.94. The number of carbonyl (C=O) groups excluding carboxylic acids is 1. The number of nitrogens with one attached hydrogen (secondary N) is 4. The second-order valence-electron chi connectivity index (χ2n) is 5.82. The number of ether oxygens (including phenoxy) is 2. The summed E-state index contributed by atoms with van der Waals surface area (Å²) in [6, 6.07) is 7.35. The van der Waals surface area contributed by atoms with Crippen LogP contribution in [0.3, 0.4) is 0 Å². The van der Waals surface area contributed by atoms with E-state index < -0.39 is 0 Å². The second kappa shape index (κ2) is 11.5. The third-order valence-electron chi connectivity index (χ3n) is 3.90. The molecule has 1 amide bonds. The molecule has 1 aliphatic rings. The van der Waals surface area contributed by atoms with Crippen LogP contribution in [0.25, 0.3) is 0 Å². The van der Waals surface area contributed by atoms with Gasteiger partial charge in [-0.05, 0) is 49.4 Å².